The molecule has 3 aromatic rings. The third-order valence-electron chi connectivity index (χ3n) is 3.80. The Morgan fingerprint density at radius 2 is 2.04 bits per heavy atom. The number of H-pyrrole nitrogens is 1. The van der Waals surface area contributed by atoms with Gasteiger partial charge in [-0.25, -0.2) is 4.39 Å². The Bertz CT molecular complexity index is 1060. The number of aryl methyl sites for hydroxylation is 1. The van der Waals surface area contributed by atoms with Crippen LogP contribution in [0.15, 0.2) is 53.6 Å². The molecule has 138 valence electrons. The molecule has 0 aliphatic carbocycles. The van der Waals surface area contributed by atoms with Crippen molar-refractivity contribution in [3.05, 3.63) is 70.7 Å². The topological polar surface area (TPSA) is 109 Å². The molecular formula is C18H16FN5O3. The van der Waals surface area contributed by atoms with E-state index in [1.54, 1.807) is 13.1 Å². The van der Waals surface area contributed by atoms with Gasteiger partial charge in [-0.05, 0) is 35.9 Å². The number of nitrogens with zero attached hydrogens (tertiary/aromatic N) is 2. The minimum atomic E-state index is -0.586. The van der Waals surface area contributed by atoms with E-state index in [0.29, 0.717) is 11.3 Å². The van der Waals surface area contributed by atoms with Gasteiger partial charge in [-0.1, -0.05) is 0 Å². The predicted molar refractivity (Wildman–Crippen MR) is 96.6 cm³/mol. The zero-order valence-corrected chi connectivity index (χ0v) is 14.3. The number of benzene rings is 1. The van der Waals surface area contributed by atoms with Crippen LogP contribution in [0.2, 0.25) is 0 Å². The largest absolute Gasteiger partial charge is 0.342 e. The van der Waals surface area contributed by atoms with Crippen LogP contribution in [0.4, 0.5) is 10.1 Å². The zero-order valence-electron chi connectivity index (χ0n) is 14.3. The molecule has 0 unspecified atom stereocenters. The highest BCUT2D eigenvalue weighted by molar-refractivity contribution is 5.98. The normalized spacial score (nSPS) is 10.4. The van der Waals surface area contributed by atoms with Gasteiger partial charge in [0.2, 0.25) is 11.5 Å². The predicted octanol–water partition coefficient (Wildman–Crippen LogP) is 1.28. The van der Waals surface area contributed by atoms with Crippen LogP contribution in [0.1, 0.15) is 10.5 Å². The summed E-state index contributed by atoms with van der Waals surface area (Å²) in [5.74, 6) is -1.54. The van der Waals surface area contributed by atoms with Gasteiger partial charge in [0.1, 0.15) is 11.5 Å². The number of hydrogen-bond donors (Lipinski definition) is 3. The van der Waals surface area contributed by atoms with E-state index < -0.39 is 17.6 Å². The van der Waals surface area contributed by atoms with Crippen LogP contribution in [-0.2, 0) is 11.8 Å². The minimum absolute atomic E-state index is 0.237. The number of nitrogens with one attached hydrogen (secondary N) is 3. The van der Waals surface area contributed by atoms with Crippen LogP contribution in [-0.4, -0.2) is 33.1 Å². The smallest absolute Gasteiger partial charge is 0.269 e. The van der Waals surface area contributed by atoms with Gasteiger partial charge in [-0.15, -0.1) is 0 Å². The molecule has 27 heavy (non-hydrogen) atoms. The van der Waals surface area contributed by atoms with Crippen LogP contribution in [0.3, 0.4) is 0 Å². The summed E-state index contributed by atoms with van der Waals surface area (Å²) in [5, 5.41) is 8.84. The fraction of sp³-hybridized carbons (Fsp3) is 0.111. The zero-order chi connectivity index (χ0) is 19.4. The summed E-state index contributed by atoms with van der Waals surface area (Å²) in [6, 6.07) is 8.51. The van der Waals surface area contributed by atoms with E-state index in [1.807, 2.05) is 0 Å². The number of aromatic amines is 1. The van der Waals surface area contributed by atoms with Crippen LogP contribution in [0.5, 0.6) is 0 Å². The van der Waals surface area contributed by atoms with Crippen molar-refractivity contribution in [3.63, 3.8) is 0 Å². The first-order valence-electron chi connectivity index (χ1n) is 7.99. The molecular weight excluding hydrogens is 353 g/mol. The molecule has 3 N–H and O–H groups in total. The molecule has 0 aliphatic rings. The van der Waals surface area contributed by atoms with E-state index in [-0.39, 0.29) is 23.4 Å². The van der Waals surface area contributed by atoms with E-state index in [2.05, 4.69) is 20.7 Å². The van der Waals surface area contributed by atoms with Gasteiger partial charge in [0.15, 0.2) is 0 Å². The van der Waals surface area contributed by atoms with Crippen LogP contribution >= 0.6 is 0 Å². The Morgan fingerprint density at radius 1 is 1.22 bits per heavy atom. The Morgan fingerprint density at radius 3 is 2.70 bits per heavy atom. The van der Waals surface area contributed by atoms with Gasteiger partial charge in [0, 0.05) is 36.8 Å². The van der Waals surface area contributed by atoms with E-state index in [9.17, 15) is 18.8 Å². The van der Waals surface area contributed by atoms with E-state index in [1.165, 1.54) is 41.3 Å². The van der Waals surface area contributed by atoms with Gasteiger partial charge in [0.25, 0.3) is 5.91 Å². The lowest BCUT2D eigenvalue weighted by Crippen LogP contribution is -2.33. The quantitative estimate of drug-likeness (QED) is 0.629. The number of pyridine rings is 1. The summed E-state index contributed by atoms with van der Waals surface area (Å²) in [6.45, 7) is -0.276. The van der Waals surface area contributed by atoms with Crippen molar-refractivity contribution in [1.82, 2.24) is 20.1 Å². The second-order valence-electron chi connectivity index (χ2n) is 5.71. The monoisotopic (exact) mass is 369 g/mol. The minimum Gasteiger partial charge on any atom is -0.342 e. The lowest BCUT2D eigenvalue weighted by molar-refractivity contribution is -0.115. The molecule has 2 aromatic heterocycles. The highest BCUT2D eigenvalue weighted by Crippen LogP contribution is 2.24. The van der Waals surface area contributed by atoms with E-state index >= 15 is 0 Å². The number of aromatic nitrogens is 3. The summed E-state index contributed by atoms with van der Waals surface area (Å²) in [5.41, 5.74) is 0.881. The third kappa shape index (κ3) is 4.27. The summed E-state index contributed by atoms with van der Waals surface area (Å²) in [4.78, 5) is 37.7. The van der Waals surface area contributed by atoms with Gasteiger partial charge >= 0.3 is 0 Å². The number of carbonyl (C=O) groups excluding carboxylic acids is 2. The molecule has 2 amide bonds. The maximum absolute atomic E-state index is 14.3. The van der Waals surface area contributed by atoms with Crippen molar-refractivity contribution >= 4 is 17.5 Å². The highest BCUT2D eigenvalue weighted by Gasteiger charge is 2.12. The van der Waals surface area contributed by atoms with Gasteiger partial charge in [-0.2, -0.15) is 5.10 Å². The van der Waals surface area contributed by atoms with Crippen LogP contribution in [0, 0.1) is 5.82 Å². The van der Waals surface area contributed by atoms with Crippen molar-refractivity contribution < 1.29 is 14.0 Å². The summed E-state index contributed by atoms with van der Waals surface area (Å²) < 4.78 is 15.7. The van der Waals surface area contributed by atoms with E-state index in [0.717, 1.165) is 6.07 Å². The van der Waals surface area contributed by atoms with Crippen molar-refractivity contribution in [2.75, 3.05) is 11.9 Å². The number of halogens is 1. The molecule has 0 bridgehead atoms. The Hall–Kier alpha value is -3.75. The number of amides is 2. The lowest BCUT2D eigenvalue weighted by Gasteiger charge is -2.09. The number of hydrogen-bond acceptors (Lipinski definition) is 4. The third-order valence-corrected chi connectivity index (χ3v) is 3.80. The Balaban J connectivity index is 1.63. The number of carbonyl (C=O) groups is 2. The summed E-state index contributed by atoms with van der Waals surface area (Å²) in [7, 11) is 1.61. The first-order valence-corrected chi connectivity index (χ1v) is 7.99. The fourth-order valence-electron chi connectivity index (χ4n) is 2.49. The average Bonchev–Trinajstić information content (AvgIpc) is 3.06. The second kappa shape index (κ2) is 7.65. The molecule has 0 fully saturated rings. The average molecular weight is 369 g/mol. The summed E-state index contributed by atoms with van der Waals surface area (Å²) >= 11 is 0. The van der Waals surface area contributed by atoms with Crippen LogP contribution in [0.25, 0.3) is 11.1 Å². The van der Waals surface area contributed by atoms with Crippen molar-refractivity contribution in [2.45, 2.75) is 0 Å². The second-order valence-corrected chi connectivity index (χ2v) is 5.71. The first-order chi connectivity index (χ1) is 12.9. The highest BCUT2D eigenvalue weighted by atomic mass is 19.1. The first kappa shape index (κ1) is 18.1. The molecule has 2 heterocycles. The standard InChI is InChI=1S/C18H16FN5O3/c1-24-15(5-7-22-24)18(27)21-10-17(26)23-12-2-3-13(14(19)9-12)11-4-6-20-16(25)8-11/h2-9H,10H2,1H3,(H,20,25)(H,21,27)(H,23,26). The molecule has 0 saturated heterocycles. The molecule has 0 saturated carbocycles. The fourth-order valence-corrected chi connectivity index (χ4v) is 2.49. The van der Waals surface area contributed by atoms with Crippen molar-refractivity contribution in [2.24, 2.45) is 7.05 Å². The molecule has 0 radical (unpaired) electrons. The Labute approximate surface area is 153 Å². The van der Waals surface area contributed by atoms with Gasteiger partial charge in [-0.3, -0.25) is 19.1 Å². The molecule has 9 heteroatoms. The molecule has 0 aliphatic heterocycles. The number of rotatable bonds is 5. The summed E-state index contributed by atoms with van der Waals surface area (Å²) in [6.07, 6.45) is 2.90. The molecule has 0 spiro atoms. The Kier molecular flexibility index (Phi) is 5.11. The van der Waals surface area contributed by atoms with Gasteiger partial charge < -0.3 is 15.6 Å². The maximum Gasteiger partial charge on any atom is 0.269 e. The van der Waals surface area contributed by atoms with Crippen molar-refractivity contribution in [3.8, 4) is 11.1 Å². The van der Waals surface area contributed by atoms with Gasteiger partial charge in [0.05, 0.1) is 6.54 Å². The molecule has 1 aromatic carbocycles. The molecule has 8 nitrogen and oxygen atoms in total. The molecule has 3 rings (SSSR count). The van der Waals surface area contributed by atoms with Crippen LogP contribution < -0.4 is 16.2 Å². The number of anilines is 1. The van der Waals surface area contributed by atoms with E-state index in [4.69, 9.17) is 0 Å². The SMILES string of the molecule is Cn1nccc1C(=O)NCC(=O)Nc1ccc(-c2cc[nH]c(=O)c2)c(F)c1. The van der Waals surface area contributed by atoms with Crippen molar-refractivity contribution in [1.29, 1.82) is 0 Å². The molecule has 0 atom stereocenters. The maximum atomic E-state index is 14.3. The lowest BCUT2D eigenvalue weighted by atomic mass is 10.1.